The van der Waals surface area contributed by atoms with Gasteiger partial charge in [-0.1, -0.05) is 11.6 Å². The number of β-amino-alcohol motifs (C(OH)–C–C–N with tert-alkyl or cyclic N) is 1. The molecule has 12 nitrogen and oxygen atoms in total. The number of rotatable bonds is 8. The molecule has 2 N–H and O–H groups in total. The molecule has 1 fully saturated rings. The van der Waals surface area contributed by atoms with Crippen molar-refractivity contribution in [3.63, 3.8) is 0 Å². The molecule has 41 heavy (non-hydrogen) atoms. The number of carboxylic acid groups (broad SMARTS) is 1. The number of carbonyl (C=O) groups is 2. The number of carbonyl (C=O) groups excluding carboxylic acids is 1. The van der Waals surface area contributed by atoms with E-state index in [4.69, 9.17) is 25.8 Å². The number of ether oxygens (including phenoxy) is 3. The molecule has 1 saturated heterocycles. The average Bonchev–Trinajstić information content (AvgIpc) is 3.47. The fraction of sp³-hybridized carbons (Fsp3) is 0.296. The SMILES string of the molecule is COc1ccc(S(=O)(=O)N2C(=O)C(c3cccnc3OC)(N3C[C@H](O)C[C@H]3C(=O)O)c3cc(Cl)ccc32)c(OC)c1. The van der Waals surface area contributed by atoms with Crippen molar-refractivity contribution in [3.8, 4) is 17.4 Å². The lowest BCUT2D eigenvalue weighted by Gasteiger charge is -2.40. The Morgan fingerprint density at radius 2 is 1.83 bits per heavy atom. The maximum absolute atomic E-state index is 14.9. The lowest BCUT2D eigenvalue weighted by molar-refractivity contribution is -0.145. The number of aliphatic hydroxyl groups is 1. The van der Waals surface area contributed by atoms with Gasteiger partial charge in [0.25, 0.3) is 15.9 Å². The quantitative estimate of drug-likeness (QED) is 0.389. The van der Waals surface area contributed by atoms with E-state index in [1.807, 2.05) is 0 Å². The van der Waals surface area contributed by atoms with E-state index in [1.54, 1.807) is 0 Å². The van der Waals surface area contributed by atoms with E-state index in [0.29, 0.717) is 10.1 Å². The molecule has 2 aliphatic rings. The van der Waals surface area contributed by atoms with Gasteiger partial charge in [-0.2, -0.15) is 0 Å². The predicted octanol–water partition coefficient (Wildman–Crippen LogP) is 2.26. The number of aromatic nitrogens is 1. The molecule has 3 atom stereocenters. The molecule has 0 bridgehead atoms. The molecule has 1 amide bonds. The Morgan fingerprint density at radius 1 is 1.07 bits per heavy atom. The maximum Gasteiger partial charge on any atom is 0.321 e. The van der Waals surface area contributed by atoms with E-state index in [2.05, 4.69) is 4.98 Å². The van der Waals surface area contributed by atoms with Crippen molar-refractivity contribution >= 4 is 39.2 Å². The maximum atomic E-state index is 14.9. The Kier molecular flexibility index (Phi) is 7.32. The van der Waals surface area contributed by atoms with Gasteiger partial charge < -0.3 is 24.4 Å². The number of methoxy groups -OCH3 is 3. The number of hydrogen-bond donors (Lipinski definition) is 2. The second-order valence-electron chi connectivity index (χ2n) is 9.42. The van der Waals surface area contributed by atoms with Crippen LogP contribution in [0.5, 0.6) is 17.4 Å². The fourth-order valence-electron chi connectivity index (χ4n) is 5.61. The van der Waals surface area contributed by atoms with Crippen LogP contribution >= 0.6 is 11.6 Å². The number of halogens is 1. The summed E-state index contributed by atoms with van der Waals surface area (Å²) in [5.74, 6) is -2.13. The largest absolute Gasteiger partial charge is 0.497 e. The van der Waals surface area contributed by atoms with Crippen LogP contribution < -0.4 is 18.5 Å². The van der Waals surface area contributed by atoms with Crippen molar-refractivity contribution in [2.24, 2.45) is 0 Å². The third kappa shape index (κ3) is 4.27. The minimum atomic E-state index is -4.70. The lowest BCUT2D eigenvalue weighted by atomic mass is 9.81. The molecule has 0 spiro atoms. The molecule has 14 heteroatoms. The summed E-state index contributed by atoms with van der Waals surface area (Å²) in [5, 5.41) is 21.0. The lowest BCUT2D eigenvalue weighted by Crippen LogP contribution is -2.58. The van der Waals surface area contributed by atoms with E-state index in [0.717, 1.165) is 0 Å². The highest BCUT2D eigenvalue weighted by Crippen LogP contribution is 2.54. The van der Waals surface area contributed by atoms with Crippen LogP contribution in [-0.4, -0.2) is 80.4 Å². The van der Waals surface area contributed by atoms with Crippen LogP contribution in [-0.2, 0) is 25.2 Å². The molecular formula is C27H26ClN3O9S. The number of aliphatic hydroxyl groups excluding tert-OH is 1. The highest BCUT2D eigenvalue weighted by atomic mass is 35.5. The number of hydrogen-bond acceptors (Lipinski definition) is 10. The number of fused-ring (bicyclic) bond motifs is 1. The topological polar surface area (TPSA) is 156 Å². The smallest absolute Gasteiger partial charge is 0.321 e. The van der Waals surface area contributed by atoms with Gasteiger partial charge in [0, 0.05) is 41.4 Å². The summed E-state index contributed by atoms with van der Waals surface area (Å²) in [7, 11) is -0.690. The van der Waals surface area contributed by atoms with Gasteiger partial charge >= 0.3 is 5.97 Å². The van der Waals surface area contributed by atoms with Crippen LogP contribution in [0.3, 0.4) is 0 Å². The molecule has 0 radical (unpaired) electrons. The van der Waals surface area contributed by atoms with Gasteiger partial charge in [0.2, 0.25) is 5.88 Å². The zero-order valence-electron chi connectivity index (χ0n) is 22.1. The number of anilines is 1. The Labute approximate surface area is 240 Å². The number of carboxylic acids is 1. The molecule has 216 valence electrons. The van der Waals surface area contributed by atoms with Crippen molar-refractivity contribution in [2.75, 3.05) is 32.2 Å². The normalized spacial score (nSPS) is 22.5. The Morgan fingerprint density at radius 3 is 2.49 bits per heavy atom. The van der Waals surface area contributed by atoms with Gasteiger partial charge in [0.05, 0.1) is 33.1 Å². The third-order valence-electron chi connectivity index (χ3n) is 7.30. The van der Waals surface area contributed by atoms with Gasteiger partial charge in [-0.05, 0) is 42.5 Å². The fourth-order valence-corrected chi connectivity index (χ4v) is 7.39. The number of aliphatic carboxylic acids is 1. The first kappa shape index (κ1) is 28.6. The highest BCUT2D eigenvalue weighted by molar-refractivity contribution is 7.93. The molecule has 2 aliphatic heterocycles. The van der Waals surface area contributed by atoms with Gasteiger partial charge in [-0.3, -0.25) is 14.5 Å². The Hall–Kier alpha value is -3.91. The number of likely N-dealkylation sites (tertiary alicyclic amines) is 1. The van der Waals surface area contributed by atoms with E-state index >= 15 is 0 Å². The van der Waals surface area contributed by atoms with Crippen molar-refractivity contribution < 1.29 is 42.4 Å². The van der Waals surface area contributed by atoms with Crippen molar-refractivity contribution in [2.45, 2.75) is 29.0 Å². The molecule has 5 rings (SSSR count). The first-order valence-electron chi connectivity index (χ1n) is 12.3. The van der Waals surface area contributed by atoms with Gasteiger partial charge in [-0.15, -0.1) is 0 Å². The van der Waals surface area contributed by atoms with Gasteiger partial charge in [0.1, 0.15) is 22.4 Å². The van der Waals surface area contributed by atoms with Crippen molar-refractivity contribution in [1.82, 2.24) is 9.88 Å². The molecule has 3 aromatic rings. The van der Waals surface area contributed by atoms with Crippen LogP contribution in [0.15, 0.2) is 59.6 Å². The van der Waals surface area contributed by atoms with Gasteiger partial charge in [-0.25, -0.2) is 17.7 Å². The molecule has 1 aromatic heterocycles. The van der Waals surface area contributed by atoms with Crippen LogP contribution in [0.2, 0.25) is 5.02 Å². The van der Waals surface area contributed by atoms with E-state index in [1.165, 1.54) is 81.0 Å². The zero-order valence-corrected chi connectivity index (χ0v) is 23.7. The number of nitrogens with zero attached hydrogens (tertiary/aromatic N) is 3. The number of sulfonamides is 1. The third-order valence-corrected chi connectivity index (χ3v) is 9.27. The Balaban J connectivity index is 1.86. The summed E-state index contributed by atoms with van der Waals surface area (Å²) in [4.78, 5) is 32.5. The zero-order chi connectivity index (χ0) is 29.7. The minimum absolute atomic E-state index is 0.0430. The van der Waals surface area contributed by atoms with Crippen LogP contribution in [0.4, 0.5) is 5.69 Å². The minimum Gasteiger partial charge on any atom is -0.497 e. The molecule has 2 aromatic carbocycles. The summed E-state index contributed by atoms with van der Waals surface area (Å²) in [6.07, 6.45) is 0.0823. The summed E-state index contributed by atoms with van der Waals surface area (Å²) >= 11 is 6.41. The summed E-state index contributed by atoms with van der Waals surface area (Å²) in [6, 6.07) is 9.88. The first-order chi connectivity index (χ1) is 19.5. The van der Waals surface area contributed by atoms with Crippen molar-refractivity contribution in [3.05, 3.63) is 70.9 Å². The van der Waals surface area contributed by atoms with E-state index in [9.17, 15) is 28.2 Å². The number of pyridine rings is 1. The van der Waals surface area contributed by atoms with Crippen molar-refractivity contribution in [1.29, 1.82) is 0 Å². The first-order valence-corrected chi connectivity index (χ1v) is 14.1. The molecule has 0 aliphatic carbocycles. The monoisotopic (exact) mass is 603 g/mol. The average molecular weight is 604 g/mol. The number of amides is 1. The second-order valence-corrected chi connectivity index (χ2v) is 11.6. The number of benzene rings is 2. The van der Waals surface area contributed by atoms with Crippen LogP contribution in [0.25, 0.3) is 0 Å². The summed E-state index contributed by atoms with van der Waals surface area (Å²) in [5.41, 5.74) is -2.02. The van der Waals surface area contributed by atoms with Crippen LogP contribution in [0.1, 0.15) is 17.5 Å². The van der Waals surface area contributed by atoms with Gasteiger partial charge in [0.15, 0.2) is 5.54 Å². The summed E-state index contributed by atoms with van der Waals surface area (Å²) < 4.78 is 45.4. The van der Waals surface area contributed by atoms with Crippen LogP contribution in [0, 0.1) is 0 Å². The highest BCUT2D eigenvalue weighted by Gasteiger charge is 2.64. The van der Waals surface area contributed by atoms with E-state index in [-0.39, 0.29) is 51.3 Å². The molecule has 3 heterocycles. The standard InChI is InChI=1S/C27H26ClN3O9S/c1-38-17-7-9-23(22(13-17)39-2)41(36,37)31-20-8-6-15(28)11-19(20)27(26(31)35,18-5-4-10-29-24(18)40-3)30-14-16(32)12-21(30)25(33)34/h4-11,13,16,21,32H,12,14H2,1-3H3,(H,33,34)/t16-,21+,27?/m1/s1. The predicted molar refractivity (Wildman–Crippen MR) is 146 cm³/mol. The molecular weight excluding hydrogens is 578 g/mol. The molecule has 1 unspecified atom stereocenters. The Bertz CT molecular complexity index is 1650. The summed E-state index contributed by atoms with van der Waals surface area (Å²) in [6.45, 7) is -0.271. The van der Waals surface area contributed by atoms with E-state index < -0.39 is 39.6 Å². The molecule has 0 saturated carbocycles. The second kappa shape index (κ2) is 10.5.